The van der Waals surface area contributed by atoms with Crippen LogP contribution in [0, 0.1) is 5.82 Å². The van der Waals surface area contributed by atoms with Gasteiger partial charge in [0.05, 0.1) is 17.0 Å². The molecular formula is C11H10ClFN4O4S. The van der Waals surface area contributed by atoms with Gasteiger partial charge in [0.1, 0.15) is 18.7 Å². The zero-order chi connectivity index (χ0) is 16.3. The third-order valence-electron chi connectivity index (χ3n) is 2.48. The second-order valence-electron chi connectivity index (χ2n) is 4.02. The summed E-state index contributed by atoms with van der Waals surface area (Å²) in [7, 11) is -2.82. The number of esters is 1. The molecule has 0 atom stereocenters. The molecule has 22 heavy (non-hydrogen) atoms. The van der Waals surface area contributed by atoms with Crippen LogP contribution in [0.15, 0.2) is 29.4 Å². The van der Waals surface area contributed by atoms with Crippen molar-refractivity contribution < 1.29 is 22.3 Å². The Kier molecular flexibility index (Phi) is 4.62. The molecule has 0 radical (unpaired) electrons. The number of sulfonamides is 1. The summed E-state index contributed by atoms with van der Waals surface area (Å²) in [4.78, 5) is 14.5. The van der Waals surface area contributed by atoms with E-state index in [0.29, 0.717) is 0 Å². The molecule has 0 aliphatic carbocycles. The maximum absolute atomic E-state index is 13.1. The van der Waals surface area contributed by atoms with E-state index in [4.69, 9.17) is 11.6 Å². The van der Waals surface area contributed by atoms with Gasteiger partial charge in [0.15, 0.2) is 0 Å². The molecule has 0 aliphatic heterocycles. The van der Waals surface area contributed by atoms with Gasteiger partial charge in [0.25, 0.3) is 16.0 Å². The van der Waals surface area contributed by atoms with Gasteiger partial charge in [0.2, 0.25) is 0 Å². The number of hydrogen-bond acceptors (Lipinski definition) is 6. The van der Waals surface area contributed by atoms with Crippen LogP contribution in [0.2, 0.25) is 5.02 Å². The minimum Gasteiger partial charge on any atom is -0.468 e. The molecule has 0 unspecified atom stereocenters. The monoisotopic (exact) mass is 348 g/mol. The molecular weight excluding hydrogens is 339 g/mol. The average molecular weight is 349 g/mol. The Morgan fingerprint density at radius 1 is 1.50 bits per heavy atom. The number of methoxy groups -OCH3 is 1. The van der Waals surface area contributed by atoms with Crippen molar-refractivity contribution in [1.82, 2.24) is 14.8 Å². The number of nitrogens with one attached hydrogen (secondary N) is 1. The molecule has 8 nitrogen and oxygen atoms in total. The van der Waals surface area contributed by atoms with Gasteiger partial charge in [0, 0.05) is 0 Å². The average Bonchev–Trinajstić information content (AvgIpc) is 2.87. The van der Waals surface area contributed by atoms with Crippen LogP contribution >= 0.6 is 11.6 Å². The summed E-state index contributed by atoms with van der Waals surface area (Å²) in [5, 5.41) is 3.43. The third kappa shape index (κ3) is 3.71. The number of aromatic nitrogens is 3. The Morgan fingerprint density at radius 3 is 2.86 bits per heavy atom. The number of benzene rings is 1. The fraction of sp³-hybridized carbons (Fsp3) is 0.182. The maximum Gasteiger partial charge on any atom is 0.327 e. The van der Waals surface area contributed by atoms with Crippen LogP contribution in [-0.2, 0) is 26.1 Å². The van der Waals surface area contributed by atoms with Crippen molar-refractivity contribution in [3.05, 3.63) is 35.4 Å². The van der Waals surface area contributed by atoms with Crippen molar-refractivity contribution in [3.8, 4) is 0 Å². The highest BCUT2D eigenvalue weighted by Crippen LogP contribution is 2.20. The first-order chi connectivity index (χ1) is 10.3. The second kappa shape index (κ2) is 6.28. The first-order valence-corrected chi connectivity index (χ1v) is 7.62. The van der Waals surface area contributed by atoms with E-state index < -0.39 is 21.8 Å². The number of ether oxygens (including phenoxy) is 1. The molecule has 11 heteroatoms. The van der Waals surface area contributed by atoms with E-state index in [0.717, 1.165) is 29.2 Å². The molecule has 1 aromatic heterocycles. The first-order valence-electron chi connectivity index (χ1n) is 5.76. The lowest BCUT2D eigenvalue weighted by Gasteiger charge is -2.05. The van der Waals surface area contributed by atoms with E-state index in [1.807, 2.05) is 0 Å². The van der Waals surface area contributed by atoms with Gasteiger partial charge in [-0.3, -0.25) is 4.79 Å². The minimum atomic E-state index is -4.03. The van der Waals surface area contributed by atoms with Crippen molar-refractivity contribution >= 4 is 33.5 Å². The molecule has 118 valence electrons. The summed E-state index contributed by atoms with van der Waals surface area (Å²) in [5.41, 5.74) is 0. The minimum absolute atomic E-state index is 0.215. The number of carbonyl (C=O) groups is 1. The zero-order valence-corrected chi connectivity index (χ0v) is 12.7. The van der Waals surface area contributed by atoms with Gasteiger partial charge >= 0.3 is 5.97 Å². The van der Waals surface area contributed by atoms with Crippen molar-refractivity contribution in [2.24, 2.45) is 0 Å². The largest absolute Gasteiger partial charge is 0.468 e. The molecule has 1 aromatic carbocycles. The molecule has 2 rings (SSSR count). The van der Waals surface area contributed by atoms with Crippen molar-refractivity contribution in [2.75, 3.05) is 11.8 Å². The summed E-state index contributed by atoms with van der Waals surface area (Å²) in [5.74, 6) is -1.55. The highest BCUT2D eigenvalue weighted by molar-refractivity contribution is 7.92. The highest BCUT2D eigenvalue weighted by atomic mass is 35.5. The van der Waals surface area contributed by atoms with E-state index in [1.54, 1.807) is 0 Å². The molecule has 0 saturated heterocycles. The Morgan fingerprint density at radius 2 is 2.23 bits per heavy atom. The number of carbonyl (C=O) groups excluding carboxylic acids is 1. The number of rotatable bonds is 5. The number of nitrogens with zero attached hydrogens (tertiary/aromatic N) is 3. The highest BCUT2D eigenvalue weighted by Gasteiger charge is 2.18. The summed E-state index contributed by atoms with van der Waals surface area (Å²) >= 11 is 5.55. The summed E-state index contributed by atoms with van der Waals surface area (Å²) in [6.45, 7) is -0.215. The van der Waals surface area contributed by atoms with E-state index in [9.17, 15) is 17.6 Å². The molecule has 0 fully saturated rings. The maximum atomic E-state index is 13.1. The van der Waals surface area contributed by atoms with E-state index in [1.165, 1.54) is 7.11 Å². The van der Waals surface area contributed by atoms with Crippen LogP contribution in [0.1, 0.15) is 0 Å². The van der Waals surface area contributed by atoms with Crippen LogP contribution in [0.3, 0.4) is 0 Å². The van der Waals surface area contributed by atoms with Gasteiger partial charge in [-0.1, -0.05) is 11.6 Å². The molecule has 0 amide bonds. The van der Waals surface area contributed by atoms with Crippen molar-refractivity contribution in [1.29, 1.82) is 0 Å². The molecule has 0 spiro atoms. The van der Waals surface area contributed by atoms with Gasteiger partial charge < -0.3 is 4.74 Å². The smallest absolute Gasteiger partial charge is 0.327 e. The molecule has 0 bridgehead atoms. The standard InChI is InChI=1S/C11H10ClFN4O4S/c1-21-10(18)5-17-6-14-11(15-17)16-22(19,20)7-2-3-9(13)8(12)4-7/h2-4,6H,5H2,1H3,(H,15,16). The molecule has 2 aromatic rings. The van der Waals surface area contributed by atoms with Crippen LogP contribution in [0.25, 0.3) is 0 Å². The predicted molar refractivity (Wildman–Crippen MR) is 74.3 cm³/mol. The molecule has 0 aliphatic rings. The van der Waals surface area contributed by atoms with Crippen molar-refractivity contribution in [2.45, 2.75) is 11.4 Å². The number of anilines is 1. The van der Waals surface area contributed by atoms with Crippen molar-refractivity contribution in [3.63, 3.8) is 0 Å². The lowest BCUT2D eigenvalue weighted by Crippen LogP contribution is -2.15. The Balaban J connectivity index is 2.18. The van der Waals surface area contributed by atoms with E-state index in [2.05, 4.69) is 19.5 Å². The lowest BCUT2D eigenvalue weighted by molar-refractivity contribution is -0.141. The third-order valence-corrected chi connectivity index (χ3v) is 4.10. The van der Waals surface area contributed by atoms with Gasteiger partial charge in [-0.15, -0.1) is 5.10 Å². The Labute approximate surface area is 129 Å². The predicted octanol–water partition coefficient (Wildman–Crippen LogP) is 1.04. The number of hydrogen-bond donors (Lipinski definition) is 1. The molecule has 1 heterocycles. The second-order valence-corrected chi connectivity index (χ2v) is 6.11. The Bertz CT molecular complexity index is 808. The lowest BCUT2D eigenvalue weighted by atomic mass is 10.3. The van der Waals surface area contributed by atoms with E-state index >= 15 is 0 Å². The summed E-state index contributed by atoms with van der Waals surface area (Å²) in [6.07, 6.45) is 1.16. The molecule has 1 N–H and O–H groups in total. The fourth-order valence-corrected chi connectivity index (χ4v) is 2.65. The topological polar surface area (TPSA) is 103 Å². The van der Waals surface area contributed by atoms with Crippen LogP contribution in [0.4, 0.5) is 10.3 Å². The number of halogens is 2. The quantitative estimate of drug-likeness (QED) is 0.810. The fourth-order valence-electron chi connectivity index (χ4n) is 1.44. The van der Waals surface area contributed by atoms with Crippen LogP contribution in [-0.4, -0.2) is 36.3 Å². The summed E-state index contributed by atoms with van der Waals surface area (Å²) < 4.78 is 44.8. The van der Waals surface area contributed by atoms with Crippen LogP contribution in [0.5, 0.6) is 0 Å². The SMILES string of the molecule is COC(=O)Cn1cnc(NS(=O)(=O)c2ccc(F)c(Cl)c2)n1. The van der Waals surface area contributed by atoms with Gasteiger partial charge in [-0.25, -0.2) is 22.2 Å². The van der Waals surface area contributed by atoms with Gasteiger partial charge in [-0.2, -0.15) is 4.98 Å². The first kappa shape index (κ1) is 16.2. The normalized spacial score (nSPS) is 11.2. The molecule has 0 saturated carbocycles. The van der Waals surface area contributed by atoms with E-state index in [-0.39, 0.29) is 22.4 Å². The summed E-state index contributed by atoms with van der Waals surface area (Å²) in [6, 6.07) is 2.94. The van der Waals surface area contributed by atoms with Gasteiger partial charge in [-0.05, 0) is 18.2 Å². The Hall–Kier alpha value is -2.20. The van der Waals surface area contributed by atoms with Crippen LogP contribution < -0.4 is 4.72 Å². The zero-order valence-electron chi connectivity index (χ0n) is 11.2.